The Kier molecular flexibility index (Phi) is 6.37. The van der Waals surface area contributed by atoms with Crippen molar-refractivity contribution in [1.82, 2.24) is 9.55 Å². The third kappa shape index (κ3) is 4.28. The number of nitriles is 1. The number of aromatic nitrogens is 2. The fourth-order valence-corrected chi connectivity index (χ4v) is 4.30. The van der Waals surface area contributed by atoms with E-state index in [0.29, 0.717) is 16.9 Å². The van der Waals surface area contributed by atoms with Crippen molar-refractivity contribution in [1.29, 1.82) is 5.26 Å². The van der Waals surface area contributed by atoms with Crippen LogP contribution in [-0.4, -0.2) is 22.1 Å². The summed E-state index contributed by atoms with van der Waals surface area (Å²) in [5, 5.41) is 11.0. The summed E-state index contributed by atoms with van der Waals surface area (Å²) in [5.74, 6) is -0.449. The Morgan fingerprint density at radius 2 is 1.70 bits per heavy atom. The van der Waals surface area contributed by atoms with Gasteiger partial charge in [-0.15, -0.1) is 0 Å². The Labute approximate surface area is 193 Å². The number of hydrogen-bond donors (Lipinski definition) is 0. The molecule has 0 aliphatic carbocycles. The van der Waals surface area contributed by atoms with Crippen molar-refractivity contribution >= 4 is 23.1 Å². The minimum absolute atomic E-state index is 0.243. The Morgan fingerprint density at radius 3 is 2.24 bits per heavy atom. The van der Waals surface area contributed by atoms with Crippen LogP contribution < -0.4 is 0 Å². The van der Waals surface area contributed by atoms with E-state index in [2.05, 4.69) is 34.9 Å². The monoisotopic (exact) mass is 435 g/mol. The first-order chi connectivity index (χ1) is 16.0. The highest BCUT2D eigenvalue weighted by molar-refractivity contribution is 5.94. The van der Waals surface area contributed by atoms with Gasteiger partial charge in [0.15, 0.2) is 0 Å². The highest BCUT2D eigenvalue weighted by Crippen LogP contribution is 2.37. The molecule has 0 spiro atoms. The van der Waals surface area contributed by atoms with Crippen LogP contribution in [0.15, 0.2) is 72.8 Å². The molecule has 0 atom stereocenters. The predicted octanol–water partition coefficient (Wildman–Crippen LogP) is 5.74. The number of ether oxygens (including phenoxy) is 1. The standard InChI is InChI=1S/C28H25N3O2/c1-4-33-25(32)16-15-24-23(18-29)26-19(2)17-20(3)30-28(26)31(24)27(21-11-7-5-8-12-21)22-13-9-6-10-14-22/h5-17,27H,4H2,1-3H3/b16-15+. The van der Waals surface area contributed by atoms with Crippen LogP contribution in [0.2, 0.25) is 0 Å². The maximum atomic E-state index is 12.2. The largest absolute Gasteiger partial charge is 0.463 e. The molecule has 164 valence electrons. The minimum atomic E-state index is -0.449. The van der Waals surface area contributed by atoms with Crippen molar-refractivity contribution in [3.8, 4) is 6.07 Å². The summed E-state index contributed by atoms with van der Waals surface area (Å²) in [6.07, 6.45) is 3.05. The van der Waals surface area contributed by atoms with E-state index in [4.69, 9.17) is 9.72 Å². The number of fused-ring (bicyclic) bond motifs is 1. The van der Waals surface area contributed by atoms with Crippen molar-refractivity contribution in [2.24, 2.45) is 0 Å². The highest BCUT2D eigenvalue weighted by atomic mass is 16.5. The second kappa shape index (κ2) is 9.54. The average Bonchev–Trinajstić information content (AvgIpc) is 3.13. The third-order valence-electron chi connectivity index (χ3n) is 5.58. The number of nitrogens with zero attached hydrogens (tertiary/aromatic N) is 3. The normalized spacial score (nSPS) is 11.2. The number of carbonyl (C=O) groups excluding carboxylic acids is 1. The zero-order chi connectivity index (χ0) is 23.4. The van der Waals surface area contributed by atoms with Crippen LogP contribution in [0.1, 0.15) is 46.6 Å². The number of esters is 1. The molecule has 0 radical (unpaired) electrons. The van der Waals surface area contributed by atoms with Crippen LogP contribution >= 0.6 is 0 Å². The molecule has 2 aromatic heterocycles. The molecule has 0 aliphatic heterocycles. The molecule has 0 aliphatic rings. The molecule has 0 N–H and O–H groups in total. The van der Waals surface area contributed by atoms with Crippen LogP contribution in [0.3, 0.4) is 0 Å². The Hall–Kier alpha value is -4.17. The molecule has 0 bridgehead atoms. The fraction of sp³-hybridized carbons (Fsp3) is 0.179. The molecule has 2 heterocycles. The lowest BCUT2D eigenvalue weighted by Crippen LogP contribution is -2.15. The van der Waals surface area contributed by atoms with Crippen molar-refractivity contribution < 1.29 is 9.53 Å². The fourth-order valence-electron chi connectivity index (χ4n) is 4.30. The Morgan fingerprint density at radius 1 is 1.09 bits per heavy atom. The molecule has 5 heteroatoms. The first kappa shape index (κ1) is 22.0. The van der Waals surface area contributed by atoms with Gasteiger partial charge in [0.05, 0.1) is 23.9 Å². The Bertz CT molecular complexity index is 1320. The average molecular weight is 436 g/mol. The lowest BCUT2D eigenvalue weighted by molar-refractivity contribution is -0.137. The summed E-state index contributed by atoms with van der Waals surface area (Å²) in [7, 11) is 0. The molecule has 33 heavy (non-hydrogen) atoms. The molecule has 0 amide bonds. The van der Waals surface area contributed by atoms with Crippen LogP contribution in [0.25, 0.3) is 17.1 Å². The van der Waals surface area contributed by atoms with E-state index in [0.717, 1.165) is 27.8 Å². The molecule has 4 aromatic rings. The van der Waals surface area contributed by atoms with Gasteiger partial charge in [0.1, 0.15) is 11.7 Å². The summed E-state index contributed by atoms with van der Waals surface area (Å²) in [6.45, 7) is 5.99. The molecule has 2 aromatic carbocycles. The molecule has 0 fully saturated rings. The van der Waals surface area contributed by atoms with Gasteiger partial charge in [-0.1, -0.05) is 60.7 Å². The quantitative estimate of drug-likeness (QED) is 0.286. The number of carbonyl (C=O) groups is 1. The van der Waals surface area contributed by atoms with E-state index >= 15 is 0 Å². The summed E-state index contributed by atoms with van der Waals surface area (Å²) >= 11 is 0. The van der Waals surface area contributed by atoms with Crippen molar-refractivity contribution in [3.63, 3.8) is 0 Å². The van der Waals surface area contributed by atoms with Crippen LogP contribution in [0.5, 0.6) is 0 Å². The van der Waals surface area contributed by atoms with E-state index in [9.17, 15) is 10.1 Å². The lowest BCUT2D eigenvalue weighted by Gasteiger charge is -2.23. The van der Waals surface area contributed by atoms with Crippen molar-refractivity contribution in [2.75, 3.05) is 6.61 Å². The summed E-state index contributed by atoms with van der Waals surface area (Å²) in [4.78, 5) is 17.0. The molecule has 4 rings (SSSR count). The topological polar surface area (TPSA) is 67.9 Å². The number of hydrogen-bond acceptors (Lipinski definition) is 4. The van der Waals surface area contributed by atoms with Gasteiger partial charge < -0.3 is 9.30 Å². The second-order valence-electron chi connectivity index (χ2n) is 7.83. The maximum Gasteiger partial charge on any atom is 0.330 e. The number of pyridine rings is 1. The van der Waals surface area contributed by atoms with E-state index in [-0.39, 0.29) is 12.6 Å². The van der Waals surface area contributed by atoms with Crippen LogP contribution in [0, 0.1) is 25.2 Å². The second-order valence-corrected chi connectivity index (χ2v) is 7.83. The van der Waals surface area contributed by atoms with E-state index < -0.39 is 5.97 Å². The Balaban J connectivity index is 2.10. The van der Waals surface area contributed by atoms with Crippen LogP contribution in [-0.2, 0) is 9.53 Å². The predicted molar refractivity (Wildman–Crippen MR) is 130 cm³/mol. The van der Waals surface area contributed by atoms with Crippen molar-refractivity contribution in [2.45, 2.75) is 26.8 Å². The van der Waals surface area contributed by atoms with Gasteiger partial charge in [0.2, 0.25) is 0 Å². The minimum Gasteiger partial charge on any atom is -0.463 e. The molecule has 5 nitrogen and oxygen atoms in total. The van der Waals surface area contributed by atoms with E-state index in [1.807, 2.05) is 56.3 Å². The molecular weight excluding hydrogens is 410 g/mol. The van der Waals surface area contributed by atoms with Gasteiger partial charge in [-0.2, -0.15) is 5.26 Å². The summed E-state index contributed by atoms with van der Waals surface area (Å²) in [5.41, 5.74) is 5.77. The number of rotatable bonds is 6. The van der Waals surface area contributed by atoms with E-state index in [1.54, 1.807) is 13.0 Å². The van der Waals surface area contributed by atoms with Crippen LogP contribution in [0.4, 0.5) is 0 Å². The first-order valence-electron chi connectivity index (χ1n) is 10.9. The zero-order valence-electron chi connectivity index (χ0n) is 18.9. The van der Waals surface area contributed by atoms with E-state index in [1.165, 1.54) is 6.08 Å². The maximum absolute atomic E-state index is 12.2. The smallest absolute Gasteiger partial charge is 0.330 e. The van der Waals surface area contributed by atoms with Gasteiger partial charge in [0.25, 0.3) is 0 Å². The lowest BCUT2D eigenvalue weighted by atomic mass is 9.98. The first-order valence-corrected chi connectivity index (χ1v) is 10.9. The zero-order valence-corrected chi connectivity index (χ0v) is 18.9. The van der Waals surface area contributed by atoms with Gasteiger partial charge in [-0.3, -0.25) is 0 Å². The SMILES string of the molecule is CCOC(=O)/C=C/c1c(C#N)c2c(C)cc(C)nc2n1C(c1ccccc1)c1ccccc1. The highest BCUT2D eigenvalue weighted by Gasteiger charge is 2.26. The third-order valence-corrected chi connectivity index (χ3v) is 5.58. The van der Waals surface area contributed by atoms with Gasteiger partial charge >= 0.3 is 5.97 Å². The van der Waals surface area contributed by atoms with Crippen molar-refractivity contribution in [3.05, 3.63) is 106 Å². The number of aryl methyl sites for hydroxylation is 2. The number of benzene rings is 2. The summed E-state index contributed by atoms with van der Waals surface area (Å²) in [6, 6.07) is 24.3. The molecule has 0 unspecified atom stereocenters. The van der Waals surface area contributed by atoms with Gasteiger partial charge in [-0.05, 0) is 49.6 Å². The molecule has 0 saturated carbocycles. The molecule has 0 saturated heterocycles. The molecular formula is C28H25N3O2. The summed E-state index contributed by atoms with van der Waals surface area (Å²) < 4.78 is 7.15. The van der Waals surface area contributed by atoms with Gasteiger partial charge in [-0.25, -0.2) is 9.78 Å². The van der Waals surface area contributed by atoms with Gasteiger partial charge in [0, 0.05) is 17.2 Å².